The Morgan fingerprint density at radius 2 is 1.75 bits per heavy atom. The lowest BCUT2D eigenvalue weighted by atomic mass is 9.97. The fourth-order valence-corrected chi connectivity index (χ4v) is 5.77. The SMILES string of the molecule is CCn1nc(C)cc1C(=O)Nc1nc2cc(C(N)=O)ccc2n1C/C=C/CNc1c(N)cc(C(N)=O)cc1OCCC1CN(C(=O)OC(C)(C)C)C1. The Balaban J connectivity index is 1.26. The second-order valence-corrected chi connectivity index (χ2v) is 13.6. The maximum Gasteiger partial charge on any atom is 0.410 e. The van der Waals surface area contributed by atoms with E-state index in [2.05, 4.69) is 20.7 Å². The summed E-state index contributed by atoms with van der Waals surface area (Å²) in [7, 11) is 0. The van der Waals surface area contributed by atoms with E-state index in [4.69, 9.17) is 26.7 Å². The summed E-state index contributed by atoms with van der Waals surface area (Å²) in [4.78, 5) is 55.6. The van der Waals surface area contributed by atoms with Gasteiger partial charge in [-0.3, -0.25) is 24.4 Å². The van der Waals surface area contributed by atoms with Crippen LogP contribution in [0.2, 0.25) is 0 Å². The van der Waals surface area contributed by atoms with Crippen molar-refractivity contribution in [2.45, 2.75) is 59.7 Å². The van der Waals surface area contributed by atoms with Crippen LogP contribution in [0.1, 0.15) is 71.0 Å². The molecule has 1 saturated heterocycles. The Morgan fingerprint density at radius 3 is 2.42 bits per heavy atom. The van der Waals surface area contributed by atoms with Crippen molar-refractivity contribution < 1.29 is 28.7 Å². The molecule has 2 aromatic heterocycles. The minimum Gasteiger partial charge on any atom is -0.491 e. The number of amides is 4. The number of nitrogens with two attached hydrogens (primary N) is 3. The first kappa shape index (κ1) is 37.2. The van der Waals surface area contributed by atoms with Gasteiger partial charge in [0.25, 0.3) is 5.91 Å². The Labute approximate surface area is 301 Å². The highest BCUT2D eigenvalue weighted by Gasteiger charge is 2.33. The standard InChI is InChI=1S/C36H46N10O6/c1-6-46-28(15-21(2)43-46)33(49)42-34-41-26-17-23(31(38)47)9-10-27(26)45(34)13-8-7-12-40-30-25(37)16-24(32(39)48)18-29(30)51-14-11-22-19-44(20-22)35(50)52-36(3,4)5/h7-10,15-18,22,40H,6,11-14,19-20,37H2,1-5H3,(H2,38,47)(H2,39,48)(H,41,42,49)/b8-7+. The van der Waals surface area contributed by atoms with Crippen molar-refractivity contribution in [2.24, 2.45) is 17.4 Å². The predicted octanol–water partition coefficient (Wildman–Crippen LogP) is 3.90. The molecule has 2 aromatic carbocycles. The lowest BCUT2D eigenvalue weighted by Crippen LogP contribution is -2.51. The summed E-state index contributed by atoms with van der Waals surface area (Å²) in [5, 5.41) is 10.5. The Hall–Kier alpha value is -6.06. The number of carbonyl (C=O) groups is 4. The molecule has 4 amide bonds. The molecule has 0 saturated carbocycles. The number of likely N-dealkylation sites (tertiary alicyclic amines) is 1. The Morgan fingerprint density at radius 1 is 1.02 bits per heavy atom. The van der Waals surface area contributed by atoms with Crippen molar-refractivity contribution in [2.75, 3.05) is 42.6 Å². The van der Waals surface area contributed by atoms with E-state index in [1.165, 1.54) is 6.07 Å². The summed E-state index contributed by atoms with van der Waals surface area (Å²) in [5.41, 5.74) is 20.4. The largest absolute Gasteiger partial charge is 0.491 e. The van der Waals surface area contributed by atoms with Crippen LogP contribution in [-0.2, 0) is 17.8 Å². The topological polar surface area (TPSA) is 228 Å². The summed E-state index contributed by atoms with van der Waals surface area (Å²) in [6, 6.07) is 9.67. The number of aryl methyl sites for hydroxylation is 2. The fourth-order valence-electron chi connectivity index (χ4n) is 5.77. The molecule has 16 nitrogen and oxygen atoms in total. The quantitative estimate of drug-likeness (QED) is 0.0935. The Bertz CT molecular complexity index is 2020. The highest BCUT2D eigenvalue weighted by Crippen LogP contribution is 2.33. The van der Waals surface area contributed by atoms with Gasteiger partial charge in [-0.2, -0.15) is 5.10 Å². The first-order valence-electron chi connectivity index (χ1n) is 17.0. The summed E-state index contributed by atoms with van der Waals surface area (Å²) >= 11 is 0. The van der Waals surface area contributed by atoms with Crippen LogP contribution in [0, 0.1) is 12.8 Å². The third kappa shape index (κ3) is 8.80. The number of nitrogens with one attached hydrogen (secondary N) is 2. The number of aromatic nitrogens is 4. The van der Waals surface area contributed by atoms with Crippen LogP contribution in [0.4, 0.5) is 22.1 Å². The molecule has 16 heteroatoms. The third-order valence-corrected chi connectivity index (χ3v) is 8.35. The van der Waals surface area contributed by atoms with Crippen molar-refractivity contribution in [3.8, 4) is 5.75 Å². The number of hydrogen-bond donors (Lipinski definition) is 5. The van der Waals surface area contributed by atoms with Crippen molar-refractivity contribution in [3.63, 3.8) is 0 Å². The molecule has 3 heterocycles. The summed E-state index contributed by atoms with van der Waals surface area (Å²) in [6.07, 6.45) is 4.10. The molecule has 1 fully saturated rings. The number of ether oxygens (including phenoxy) is 2. The zero-order valence-corrected chi connectivity index (χ0v) is 30.1. The number of benzene rings is 2. The van der Waals surface area contributed by atoms with Gasteiger partial charge in [0.1, 0.15) is 22.7 Å². The van der Waals surface area contributed by atoms with E-state index in [-0.39, 0.29) is 35.1 Å². The van der Waals surface area contributed by atoms with E-state index in [9.17, 15) is 19.2 Å². The molecule has 1 aliphatic rings. The van der Waals surface area contributed by atoms with E-state index >= 15 is 0 Å². The molecule has 0 unspecified atom stereocenters. The average molecular weight is 715 g/mol. The van der Waals surface area contributed by atoms with Gasteiger partial charge in [0.05, 0.1) is 29.0 Å². The lowest BCUT2D eigenvalue weighted by Gasteiger charge is -2.39. The van der Waals surface area contributed by atoms with Crippen LogP contribution in [-0.4, -0.2) is 79.9 Å². The number of carbonyl (C=O) groups excluding carboxylic acids is 4. The number of allylic oxidation sites excluding steroid dienone is 1. The molecule has 0 spiro atoms. The maximum atomic E-state index is 13.3. The minimum absolute atomic E-state index is 0.214. The number of nitrogen functional groups attached to an aromatic ring is 1. The highest BCUT2D eigenvalue weighted by atomic mass is 16.6. The summed E-state index contributed by atoms with van der Waals surface area (Å²) in [6.45, 7) is 11.9. The molecule has 1 aliphatic heterocycles. The molecule has 52 heavy (non-hydrogen) atoms. The van der Waals surface area contributed by atoms with Crippen molar-refractivity contribution >= 4 is 52.2 Å². The maximum absolute atomic E-state index is 13.3. The van der Waals surface area contributed by atoms with Gasteiger partial charge in [-0.25, -0.2) is 9.78 Å². The van der Waals surface area contributed by atoms with Gasteiger partial charge in [0.15, 0.2) is 0 Å². The molecule has 0 atom stereocenters. The van der Waals surface area contributed by atoms with E-state index < -0.39 is 17.4 Å². The van der Waals surface area contributed by atoms with Crippen LogP contribution in [0.15, 0.2) is 48.6 Å². The molecule has 0 aliphatic carbocycles. The third-order valence-electron chi connectivity index (χ3n) is 8.35. The van der Waals surface area contributed by atoms with Crippen molar-refractivity contribution in [3.05, 3.63) is 71.1 Å². The molecule has 276 valence electrons. The fraction of sp³-hybridized carbons (Fsp3) is 0.389. The van der Waals surface area contributed by atoms with E-state index in [1.54, 1.807) is 39.9 Å². The zero-order chi connectivity index (χ0) is 37.7. The van der Waals surface area contributed by atoms with Gasteiger partial charge < -0.3 is 41.5 Å². The van der Waals surface area contributed by atoms with Crippen LogP contribution in [0.3, 0.4) is 0 Å². The lowest BCUT2D eigenvalue weighted by molar-refractivity contribution is -0.00383. The molecular formula is C36H46N10O6. The number of fused-ring (bicyclic) bond motifs is 1. The van der Waals surface area contributed by atoms with Gasteiger partial charge in [-0.05, 0) is 83.4 Å². The van der Waals surface area contributed by atoms with E-state index in [0.29, 0.717) is 85.2 Å². The summed E-state index contributed by atoms with van der Waals surface area (Å²) < 4.78 is 14.9. The zero-order valence-electron chi connectivity index (χ0n) is 30.1. The van der Waals surface area contributed by atoms with Crippen LogP contribution < -0.4 is 32.6 Å². The molecule has 4 aromatic rings. The van der Waals surface area contributed by atoms with Crippen LogP contribution in [0.25, 0.3) is 11.0 Å². The number of anilines is 3. The Kier molecular flexibility index (Phi) is 11.1. The predicted molar refractivity (Wildman–Crippen MR) is 197 cm³/mol. The van der Waals surface area contributed by atoms with Crippen LogP contribution >= 0.6 is 0 Å². The highest BCUT2D eigenvalue weighted by molar-refractivity contribution is 6.03. The number of primary amides is 2. The minimum atomic E-state index is -0.636. The number of imidazole rings is 1. The van der Waals surface area contributed by atoms with Gasteiger partial charge in [-0.15, -0.1) is 0 Å². The van der Waals surface area contributed by atoms with E-state index in [0.717, 1.165) is 0 Å². The number of nitrogens with zero attached hydrogens (tertiary/aromatic N) is 5. The second kappa shape index (κ2) is 15.4. The summed E-state index contributed by atoms with van der Waals surface area (Å²) in [5.74, 6) is -0.693. The van der Waals surface area contributed by atoms with Gasteiger partial charge in [0, 0.05) is 43.9 Å². The van der Waals surface area contributed by atoms with Gasteiger partial charge in [-0.1, -0.05) is 12.2 Å². The molecule has 0 bridgehead atoms. The molecule has 8 N–H and O–H groups in total. The van der Waals surface area contributed by atoms with E-state index in [1.807, 2.05) is 51.3 Å². The van der Waals surface area contributed by atoms with Crippen molar-refractivity contribution in [1.29, 1.82) is 0 Å². The molecular weight excluding hydrogens is 668 g/mol. The first-order chi connectivity index (χ1) is 24.6. The molecule has 0 radical (unpaired) electrons. The number of rotatable bonds is 14. The normalized spacial score (nSPS) is 13.3. The molecule has 5 rings (SSSR count). The first-order valence-corrected chi connectivity index (χ1v) is 17.0. The smallest absolute Gasteiger partial charge is 0.410 e. The number of hydrogen-bond acceptors (Lipinski definition) is 10. The van der Waals surface area contributed by atoms with Crippen molar-refractivity contribution in [1.82, 2.24) is 24.2 Å². The van der Waals surface area contributed by atoms with Crippen LogP contribution in [0.5, 0.6) is 5.75 Å². The van der Waals surface area contributed by atoms with Gasteiger partial charge in [0.2, 0.25) is 17.8 Å². The monoisotopic (exact) mass is 714 g/mol. The van der Waals surface area contributed by atoms with Gasteiger partial charge >= 0.3 is 6.09 Å². The second-order valence-electron chi connectivity index (χ2n) is 13.6. The average Bonchev–Trinajstić information content (AvgIpc) is 3.60.